The summed E-state index contributed by atoms with van der Waals surface area (Å²) in [4.78, 5) is 12.2. The minimum Gasteiger partial charge on any atom is -0.322 e. The first kappa shape index (κ1) is 14.6. The van der Waals surface area contributed by atoms with Crippen LogP contribution in [-0.4, -0.2) is 15.7 Å². The van der Waals surface area contributed by atoms with Crippen molar-refractivity contribution < 1.29 is 4.79 Å². The summed E-state index contributed by atoms with van der Waals surface area (Å²) < 4.78 is 1.61. The molecule has 0 saturated carbocycles. The summed E-state index contributed by atoms with van der Waals surface area (Å²) in [6.07, 6.45) is 3.16. The molecule has 0 saturated heterocycles. The topological polar surface area (TPSA) is 46.9 Å². The van der Waals surface area contributed by atoms with Gasteiger partial charge in [0, 0.05) is 21.9 Å². The van der Waals surface area contributed by atoms with Crippen LogP contribution in [0.2, 0.25) is 10.0 Å². The first-order valence-corrected chi connectivity index (χ1v) is 7.25. The Labute approximate surface area is 137 Å². The van der Waals surface area contributed by atoms with Gasteiger partial charge in [0.2, 0.25) is 0 Å². The maximum Gasteiger partial charge on any atom is 0.258 e. The van der Waals surface area contributed by atoms with Gasteiger partial charge >= 0.3 is 0 Å². The van der Waals surface area contributed by atoms with Gasteiger partial charge in [-0.3, -0.25) is 4.79 Å². The highest BCUT2D eigenvalue weighted by Crippen LogP contribution is 2.17. The fourth-order valence-corrected chi connectivity index (χ4v) is 2.26. The zero-order valence-electron chi connectivity index (χ0n) is 11.3. The molecule has 3 aromatic rings. The second-order valence-electron chi connectivity index (χ2n) is 4.61. The number of carbonyl (C=O) groups excluding carboxylic acids is 1. The van der Waals surface area contributed by atoms with Crippen LogP contribution in [-0.2, 0) is 0 Å². The van der Waals surface area contributed by atoms with Gasteiger partial charge in [-0.15, -0.1) is 0 Å². The van der Waals surface area contributed by atoms with Gasteiger partial charge in [-0.25, -0.2) is 4.68 Å². The van der Waals surface area contributed by atoms with Crippen molar-refractivity contribution in [2.75, 3.05) is 5.32 Å². The Bertz CT molecular complexity index is 812. The number of hydrogen-bond acceptors (Lipinski definition) is 2. The van der Waals surface area contributed by atoms with Crippen molar-refractivity contribution in [3.8, 4) is 5.69 Å². The predicted octanol–water partition coefficient (Wildman–Crippen LogP) is 4.43. The van der Waals surface area contributed by atoms with E-state index in [9.17, 15) is 4.79 Å². The molecule has 1 heterocycles. The number of nitrogens with one attached hydrogen (secondary N) is 1. The van der Waals surface area contributed by atoms with E-state index in [1.54, 1.807) is 47.3 Å². The normalized spacial score (nSPS) is 10.5. The number of amides is 1. The lowest BCUT2D eigenvalue weighted by Gasteiger charge is -2.03. The van der Waals surface area contributed by atoms with Crippen LogP contribution in [0.15, 0.2) is 60.9 Å². The molecule has 3 rings (SSSR count). The van der Waals surface area contributed by atoms with E-state index in [1.165, 1.54) is 6.20 Å². The van der Waals surface area contributed by atoms with Crippen LogP contribution in [0.25, 0.3) is 5.69 Å². The number of rotatable bonds is 3. The third kappa shape index (κ3) is 3.30. The Morgan fingerprint density at radius 2 is 1.82 bits per heavy atom. The fourth-order valence-electron chi connectivity index (χ4n) is 1.94. The Balaban J connectivity index is 1.78. The average Bonchev–Trinajstić information content (AvgIpc) is 2.98. The van der Waals surface area contributed by atoms with Gasteiger partial charge in [-0.2, -0.15) is 5.10 Å². The molecular formula is C16H11Cl2N3O. The fraction of sp³-hybridized carbons (Fsp3) is 0. The number of anilines is 1. The molecule has 0 aliphatic heterocycles. The van der Waals surface area contributed by atoms with E-state index in [0.29, 0.717) is 21.3 Å². The maximum absolute atomic E-state index is 12.2. The standard InChI is InChI=1S/C16H11Cl2N3O/c17-12-4-6-15(7-5-12)21-10-11(9-19-21)16(22)20-14-3-1-2-13(18)8-14/h1-10H,(H,20,22). The SMILES string of the molecule is O=C(Nc1cccc(Cl)c1)c1cnn(-c2ccc(Cl)cc2)c1. The van der Waals surface area contributed by atoms with Crippen molar-refractivity contribution in [1.82, 2.24) is 9.78 Å². The molecule has 0 aliphatic carbocycles. The van der Waals surface area contributed by atoms with Gasteiger partial charge < -0.3 is 5.32 Å². The van der Waals surface area contributed by atoms with Crippen molar-refractivity contribution in [2.45, 2.75) is 0 Å². The van der Waals surface area contributed by atoms with Crippen LogP contribution in [0.4, 0.5) is 5.69 Å². The van der Waals surface area contributed by atoms with E-state index < -0.39 is 0 Å². The van der Waals surface area contributed by atoms with Gasteiger partial charge in [-0.05, 0) is 42.5 Å². The molecule has 1 aromatic heterocycles. The van der Waals surface area contributed by atoms with Crippen LogP contribution >= 0.6 is 23.2 Å². The van der Waals surface area contributed by atoms with E-state index in [4.69, 9.17) is 23.2 Å². The highest BCUT2D eigenvalue weighted by atomic mass is 35.5. The molecule has 0 unspecified atom stereocenters. The van der Waals surface area contributed by atoms with Gasteiger partial charge in [0.05, 0.1) is 17.4 Å². The van der Waals surface area contributed by atoms with Gasteiger partial charge in [0.25, 0.3) is 5.91 Å². The number of hydrogen-bond donors (Lipinski definition) is 1. The molecule has 110 valence electrons. The zero-order valence-corrected chi connectivity index (χ0v) is 12.8. The van der Waals surface area contributed by atoms with E-state index in [-0.39, 0.29) is 5.91 Å². The lowest BCUT2D eigenvalue weighted by atomic mass is 10.3. The number of benzene rings is 2. The zero-order chi connectivity index (χ0) is 15.5. The Morgan fingerprint density at radius 3 is 2.55 bits per heavy atom. The Morgan fingerprint density at radius 1 is 1.05 bits per heavy atom. The van der Waals surface area contributed by atoms with E-state index in [0.717, 1.165) is 5.69 Å². The van der Waals surface area contributed by atoms with Crippen molar-refractivity contribution in [1.29, 1.82) is 0 Å². The van der Waals surface area contributed by atoms with Crippen LogP contribution in [0, 0.1) is 0 Å². The van der Waals surface area contributed by atoms with Crippen molar-refractivity contribution in [2.24, 2.45) is 0 Å². The van der Waals surface area contributed by atoms with Crippen LogP contribution in [0.3, 0.4) is 0 Å². The summed E-state index contributed by atoms with van der Waals surface area (Å²) in [6.45, 7) is 0. The highest BCUT2D eigenvalue weighted by molar-refractivity contribution is 6.31. The number of nitrogens with zero attached hydrogens (tertiary/aromatic N) is 2. The second kappa shape index (κ2) is 6.22. The second-order valence-corrected chi connectivity index (χ2v) is 5.49. The largest absolute Gasteiger partial charge is 0.322 e. The summed E-state index contributed by atoms with van der Waals surface area (Å²) in [5.74, 6) is -0.248. The Hall–Kier alpha value is -2.30. The third-order valence-electron chi connectivity index (χ3n) is 3.02. The summed E-state index contributed by atoms with van der Waals surface area (Å²) in [5, 5.41) is 8.17. The first-order chi connectivity index (χ1) is 10.6. The maximum atomic E-state index is 12.2. The van der Waals surface area contributed by atoms with Crippen molar-refractivity contribution in [3.63, 3.8) is 0 Å². The summed E-state index contributed by atoms with van der Waals surface area (Å²) in [6, 6.07) is 14.2. The molecule has 0 atom stereocenters. The summed E-state index contributed by atoms with van der Waals surface area (Å²) >= 11 is 11.7. The molecule has 4 nitrogen and oxygen atoms in total. The smallest absolute Gasteiger partial charge is 0.258 e. The summed E-state index contributed by atoms with van der Waals surface area (Å²) in [5.41, 5.74) is 1.91. The van der Waals surface area contributed by atoms with Crippen molar-refractivity contribution in [3.05, 3.63) is 76.5 Å². The lowest BCUT2D eigenvalue weighted by molar-refractivity contribution is 0.102. The lowest BCUT2D eigenvalue weighted by Crippen LogP contribution is -2.10. The van der Waals surface area contributed by atoms with Crippen molar-refractivity contribution >= 4 is 34.8 Å². The minimum atomic E-state index is -0.248. The van der Waals surface area contributed by atoms with Crippen LogP contribution in [0.5, 0.6) is 0 Å². The highest BCUT2D eigenvalue weighted by Gasteiger charge is 2.10. The van der Waals surface area contributed by atoms with Gasteiger partial charge in [0.15, 0.2) is 0 Å². The third-order valence-corrected chi connectivity index (χ3v) is 3.51. The molecule has 0 radical (unpaired) electrons. The molecule has 1 N–H and O–H groups in total. The first-order valence-electron chi connectivity index (χ1n) is 6.49. The van der Waals surface area contributed by atoms with Gasteiger partial charge in [0.1, 0.15) is 0 Å². The molecular weight excluding hydrogens is 321 g/mol. The molecule has 0 bridgehead atoms. The molecule has 22 heavy (non-hydrogen) atoms. The summed E-state index contributed by atoms with van der Waals surface area (Å²) in [7, 11) is 0. The number of halogens is 2. The number of aromatic nitrogens is 2. The van der Waals surface area contributed by atoms with Gasteiger partial charge in [-0.1, -0.05) is 29.3 Å². The monoisotopic (exact) mass is 331 g/mol. The minimum absolute atomic E-state index is 0.248. The molecule has 2 aromatic carbocycles. The quantitative estimate of drug-likeness (QED) is 0.771. The Kier molecular flexibility index (Phi) is 4.13. The molecule has 6 heteroatoms. The van der Waals surface area contributed by atoms with Crippen LogP contribution < -0.4 is 5.32 Å². The van der Waals surface area contributed by atoms with Crippen LogP contribution in [0.1, 0.15) is 10.4 Å². The van der Waals surface area contributed by atoms with E-state index in [2.05, 4.69) is 10.4 Å². The predicted molar refractivity (Wildman–Crippen MR) is 88.0 cm³/mol. The van der Waals surface area contributed by atoms with E-state index in [1.807, 2.05) is 12.1 Å². The number of carbonyl (C=O) groups is 1. The van der Waals surface area contributed by atoms with E-state index >= 15 is 0 Å². The molecule has 1 amide bonds. The average molecular weight is 332 g/mol. The molecule has 0 spiro atoms. The molecule has 0 aliphatic rings. The molecule has 0 fully saturated rings.